The van der Waals surface area contributed by atoms with Gasteiger partial charge in [-0.3, -0.25) is 0 Å². The third-order valence-corrected chi connectivity index (χ3v) is 5.49. The molecule has 0 aromatic heterocycles. The Bertz CT molecular complexity index is 333. The van der Waals surface area contributed by atoms with E-state index in [4.69, 9.17) is 0 Å². The third-order valence-electron chi connectivity index (χ3n) is 4.07. The van der Waals surface area contributed by atoms with Gasteiger partial charge in [-0.1, -0.05) is 19.3 Å². The van der Waals surface area contributed by atoms with Gasteiger partial charge in [0.1, 0.15) is 6.10 Å². The van der Waals surface area contributed by atoms with Gasteiger partial charge >= 0.3 is 11.9 Å². The van der Waals surface area contributed by atoms with Crippen molar-refractivity contribution in [3.63, 3.8) is 0 Å². The molecule has 0 bridgehead atoms. The molecule has 2 aliphatic rings. The van der Waals surface area contributed by atoms with Gasteiger partial charge in [-0.2, -0.15) is 20.5 Å². The van der Waals surface area contributed by atoms with Crippen LogP contribution in [0, 0.1) is 0 Å². The molecule has 0 spiro atoms. The number of carbonyl (C=O) groups excluding carboxylic acids is 1. The highest BCUT2D eigenvalue weighted by atomic mass is 32.2. The van der Waals surface area contributed by atoms with Gasteiger partial charge in [-0.25, -0.2) is 4.79 Å². The predicted molar refractivity (Wildman–Crippen MR) is 71.6 cm³/mol. The summed E-state index contributed by atoms with van der Waals surface area (Å²) < 4.78 is 30.9. The van der Waals surface area contributed by atoms with Crippen molar-refractivity contribution in [3.8, 4) is 0 Å². The van der Waals surface area contributed by atoms with Crippen LogP contribution >= 0.6 is 11.8 Å². The van der Waals surface area contributed by atoms with Crippen LogP contribution in [0.3, 0.4) is 0 Å². The molecule has 1 aliphatic carbocycles. The lowest BCUT2D eigenvalue weighted by atomic mass is 9.88. The van der Waals surface area contributed by atoms with Gasteiger partial charge in [0, 0.05) is 17.8 Å². The zero-order valence-electron chi connectivity index (χ0n) is 11.2. The van der Waals surface area contributed by atoms with Crippen molar-refractivity contribution in [1.82, 2.24) is 5.32 Å². The first-order valence-electron chi connectivity index (χ1n) is 6.82. The molecule has 3 nitrogen and oxygen atoms in total. The van der Waals surface area contributed by atoms with Crippen molar-refractivity contribution in [1.29, 1.82) is 0 Å². The molecular weight excluding hydrogens is 272 g/mol. The summed E-state index contributed by atoms with van der Waals surface area (Å²) in [5.41, 5.74) is 0. The molecule has 6 heteroatoms. The van der Waals surface area contributed by atoms with Gasteiger partial charge in [-0.05, 0) is 19.1 Å². The number of cyclic esters (lactones) is 1. The van der Waals surface area contributed by atoms with E-state index in [1.807, 2.05) is 11.8 Å². The van der Waals surface area contributed by atoms with E-state index in [1.54, 1.807) is 0 Å². The van der Waals surface area contributed by atoms with E-state index in [2.05, 4.69) is 16.3 Å². The van der Waals surface area contributed by atoms with Gasteiger partial charge in [-0.15, -0.1) is 0 Å². The number of nitrogens with one attached hydrogen (secondary N) is 1. The fourth-order valence-electron chi connectivity index (χ4n) is 2.87. The minimum Gasteiger partial charge on any atom is -0.456 e. The number of thioether (sulfide) groups is 1. The summed E-state index contributed by atoms with van der Waals surface area (Å²) in [7, 11) is 0. The normalized spacial score (nSPS) is 29.2. The Hall–Kier alpha value is -0.360. The lowest BCUT2D eigenvalue weighted by molar-refractivity contribution is -0.159. The van der Waals surface area contributed by atoms with Crippen molar-refractivity contribution in [2.45, 2.75) is 55.3 Å². The van der Waals surface area contributed by atoms with E-state index >= 15 is 0 Å². The molecule has 1 unspecified atom stereocenters. The van der Waals surface area contributed by atoms with E-state index < -0.39 is 24.4 Å². The van der Waals surface area contributed by atoms with Crippen LogP contribution in [0.4, 0.5) is 8.78 Å². The number of hydrogen-bond donors (Lipinski definition) is 1. The first kappa shape index (κ1) is 15.0. The molecule has 0 radical (unpaired) electrons. The molecule has 0 amide bonds. The zero-order chi connectivity index (χ0) is 13.9. The molecule has 1 saturated carbocycles. The van der Waals surface area contributed by atoms with Crippen molar-refractivity contribution in [2.75, 3.05) is 19.3 Å². The number of rotatable bonds is 5. The molecule has 1 N–H and O–H groups in total. The van der Waals surface area contributed by atoms with Crippen LogP contribution < -0.4 is 5.32 Å². The van der Waals surface area contributed by atoms with Crippen molar-refractivity contribution in [3.05, 3.63) is 0 Å². The Balaban J connectivity index is 1.76. The van der Waals surface area contributed by atoms with Gasteiger partial charge < -0.3 is 10.1 Å². The molecular formula is C13H21F2NO2S. The highest BCUT2D eigenvalue weighted by Gasteiger charge is 2.50. The van der Waals surface area contributed by atoms with Crippen LogP contribution in [0.1, 0.15) is 38.5 Å². The van der Waals surface area contributed by atoms with E-state index in [0.29, 0.717) is 6.54 Å². The van der Waals surface area contributed by atoms with Crippen LogP contribution in [-0.4, -0.2) is 42.1 Å². The van der Waals surface area contributed by atoms with Crippen LogP contribution in [-0.2, 0) is 9.53 Å². The van der Waals surface area contributed by atoms with Crippen LogP contribution in [0.15, 0.2) is 0 Å². The SMILES string of the molecule is CSC1(CNCC2CC(F)(F)C(=O)O2)CCCCC1. The maximum Gasteiger partial charge on any atom is 0.377 e. The highest BCUT2D eigenvalue weighted by Crippen LogP contribution is 2.38. The van der Waals surface area contributed by atoms with Crippen molar-refractivity contribution in [2.24, 2.45) is 0 Å². The monoisotopic (exact) mass is 293 g/mol. The van der Waals surface area contributed by atoms with Gasteiger partial charge in [0.25, 0.3) is 0 Å². The molecule has 2 rings (SSSR count). The molecule has 0 aromatic carbocycles. The summed E-state index contributed by atoms with van der Waals surface area (Å²) in [5, 5.41) is 3.22. The fourth-order valence-corrected chi connectivity index (χ4v) is 3.82. The van der Waals surface area contributed by atoms with Gasteiger partial charge in [0.05, 0.1) is 6.42 Å². The first-order chi connectivity index (χ1) is 8.97. The van der Waals surface area contributed by atoms with E-state index in [1.165, 1.54) is 32.1 Å². The zero-order valence-corrected chi connectivity index (χ0v) is 12.0. The summed E-state index contributed by atoms with van der Waals surface area (Å²) in [5.74, 6) is -4.68. The van der Waals surface area contributed by atoms with E-state index in [0.717, 1.165) is 6.54 Å². The lowest BCUT2D eigenvalue weighted by Gasteiger charge is -2.36. The minimum absolute atomic E-state index is 0.226. The maximum absolute atomic E-state index is 13.0. The third kappa shape index (κ3) is 3.60. The molecule has 19 heavy (non-hydrogen) atoms. The Morgan fingerprint density at radius 3 is 2.58 bits per heavy atom. The molecule has 0 aromatic rings. The molecule has 110 valence electrons. The average Bonchev–Trinajstić information content (AvgIpc) is 2.64. The molecule has 1 aliphatic heterocycles. The first-order valence-corrected chi connectivity index (χ1v) is 8.05. The smallest absolute Gasteiger partial charge is 0.377 e. The summed E-state index contributed by atoms with van der Waals surface area (Å²) >= 11 is 1.86. The number of esters is 1. The lowest BCUT2D eigenvalue weighted by Crippen LogP contribution is -2.41. The Morgan fingerprint density at radius 1 is 1.37 bits per heavy atom. The van der Waals surface area contributed by atoms with E-state index in [-0.39, 0.29) is 4.75 Å². The number of carbonyl (C=O) groups is 1. The van der Waals surface area contributed by atoms with E-state index in [9.17, 15) is 13.6 Å². The standard InChI is InChI=1S/C13H21F2NO2S/c1-19-12(5-3-2-4-6-12)9-16-8-10-7-13(14,15)11(17)18-10/h10,16H,2-9H2,1H3. The summed E-state index contributed by atoms with van der Waals surface area (Å²) in [6.45, 7) is 1.12. The maximum atomic E-state index is 13.0. The molecule has 1 saturated heterocycles. The summed E-state index contributed by atoms with van der Waals surface area (Å²) in [6.07, 6.45) is 7.02. The topological polar surface area (TPSA) is 38.3 Å². The second-order valence-electron chi connectivity index (χ2n) is 5.51. The quantitative estimate of drug-likeness (QED) is 0.791. The van der Waals surface area contributed by atoms with Crippen molar-refractivity contribution < 1.29 is 18.3 Å². The predicted octanol–water partition coefficient (Wildman–Crippen LogP) is 2.59. The summed E-state index contributed by atoms with van der Waals surface area (Å²) in [6, 6.07) is 0. The van der Waals surface area contributed by atoms with Gasteiger partial charge in [0.2, 0.25) is 0 Å². The number of hydrogen-bond acceptors (Lipinski definition) is 4. The largest absolute Gasteiger partial charge is 0.456 e. The van der Waals surface area contributed by atoms with Crippen molar-refractivity contribution >= 4 is 17.7 Å². The average molecular weight is 293 g/mol. The van der Waals surface area contributed by atoms with Crippen LogP contribution in [0.5, 0.6) is 0 Å². The minimum atomic E-state index is -3.30. The van der Waals surface area contributed by atoms with Crippen LogP contribution in [0.25, 0.3) is 0 Å². The molecule has 1 heterocycles. The fraction of sp³-hybridized carbons (Fsp3) is 0.923. The number of alkyl halides is 2. The Morgan fingerprint density at radius 2 is 2.05 bits per heavy atom. The number of ether oxygens (including phenoxy) is 1. The molecule has 2 fully saturated rings. The molecule has 1 atom stereocenters. The highest BCUT2D eigenvalue weighted by molar-refractivity contribution is 8.00. The second-order valence-corrected chi connectivity index (χ2v) is 6.79. The van der Waals surface area contributed by atoms with Crippen LogP contribution in [0.2, 0.25) is 0 Å². The second kappa shape index (κ2) is 5.95. The number of halogens is 2. The Kier molecular flexibility index (Phi) is 4.71. The Labute approximate surface area is 116 Å². The van der Waals surface area contributed by atoms with Gasteiger partial charge in [0.15, 0.2) is 0 Å². The summed E-state index contributed by atoms with van der Waals surface area (Å²) in [4.78, 5) is 10.9.